The lowest BCUT2D eigenvalue weighted by atomic mass is 9.91. The number of rotatable bonds is 1. The molecule has 0 spiro atoms. The Bertz CT molecular complexity index is 366. The van der Waals surface area contributed by atoms with Crippen LogP contribution in [-0.2, 0) is 0 Å². The summed E-state index contributed by atoms with van der Waals surface area (Å²) < 4.78 is 0. The van der Waals surface area contributed by atoms with Gasteiger partial charge in [-0.05, 0) is 29.9 Å². The molecule has 3 unspecified atom stereocenters. The van der Waals surface area contributed by atoms with Gasteiger partial charge in [-0.25, -0.2) is 0 Å². The number of aliphatic hydroxyl groups is 1. The fraction of sp³-hybridized carbons (Fsp3) is 0.385. The molecule has 1 N–H and O–H groups in total. The zero-order valence-electron chi connectivity index (χ0n) is 8.06. The lowest BCUT2D eigenvalue weighted by molar-refractivity contribution is 0.149. The van der Waals surface area contributed by atoms with Crippen LogP contribution in [0.5, 0.6) is 0 Å². The van der Waals surface area contributed by atoms with E-state index in [2.05, 4.69) is 30.3 Å². The van der Waals surface area contributed by atoms with Crippen molar-refractivity contribution >= 4 is 5.57 Å². The Balaban J connectivity index is 1.96. The van der Waals surface area contributed by atoms with Crippen molar-refractivity contribution in [1.82, 2.24) is 0 Å². The molecule has 1 nitrogen and oxygen atoms in total. The third-order valence-corrected chi connectivity index (χ3v) is 3.52. The van der Waals surface area contributed by atoms with Crippen LogP contribution in [0.4, 0.5) is 0 Å². The second-order valence-corrected chi connectivity index (χ2v) is 4.39. The number of fused-ring (bicyclic) bond motifs is 2. The molecule has 3 atom stereocenters. The molecule has 3 rings (SSSR count). The van der Waals surface area contributed by atoms with E-state index in [4.69, 9.17) is 0 Å². The molecule has 2 aliphatic carbocycles. The van der Waals surface area contributed by atoms with E-state index in [0.717, 1.165) is 12.8 Å². The molecule has 1 heteroatoms. The van der Waals surface area contributed by atoms with Gasteiger partial charge in [0.25, 0.3) is 0 Å². The zero-order valence-corrected chi connectivity index (χ0v) is 8.06. The molecule has 1 saturated carbocycles. The van der Waals surface area contributed by atoms with E-state index in [-0.39, 0.29) is 6.10 Å². The van der Waals surface area contributed by atoms with Crippen molar-refractivity contribution in [2.45, 2.75) is 18.9 Å². The summed E-state index contributed by atoms with van der Waals surface area (Å²) in [5.74, 6) is 1.03. The number of benzene rings is 1. The minimum atomic E-state index is -0.0764. The van der Waals surface area contributed by atoms with Crippen LogP contribution in [0.1, 0.15) is 18.4 Å². The molecule has 0 amide bonds. The largest absolute Gasteiger partial charge is 0.392 e. The molecule has 2 aliphatic rings. The van der Waals surface area contributed by atoms with Gasteiger partial charge < -0.3 is 5.11 Å². The maximum Gasteiger partial charge on any atom is 0.0609 e. The Morgan fingerprint density at radius 1 is 1.07 bits per heavy atom. The molecular formula is C13H14O. The van der Waals surface area contributed by atoms with Gasteiger partial charge in [-0.1, -0.05) is 36.4 Å². The van der Waals surface area contributed by atoms with Crippen molar-refractivity contribution in [2.75, 3.05) is 0 Å². The predicted octanol–water partition coefficient (Wildman–Crippen LogP) is 2.47. The van der Waals surface area contributed by atoms with Crippen LogP contribution < -0.4 is 0 Å². The van der Waals surface area contributed by atoms with Crippen LogP contribution in [0.15, 0.2) is 36.4 Å². The number of allylic oxidation sites excluding steroid dienone is 1. The van der Waals surface area contributed by atoms with Crippen LogP contribution in [0.3, 0.4) is 0 Å². The van der Waals surface area contributed by atoms with Gasteiger partial charge >= 0.3 is 0 Å². The maximum absolute atomic E-state index is 9.64. The van der Waals surface area contributed by atoms with Gasteiger partial charge in [0.05, 0.1) is 6.10 Å². The van der Waals surface area contributed by atoms with Gasteiger partial charge in [0.2, 0.25) is 0 Å². The molecule has 0 saturated heterocycles. The Hall–Kier alpha value is -1.08. The van der Waals surface area contributed by atoms with Crippen LogP contribution in [-0.4, -0.2) is 11.2 Å². The first kappa shape index (κ1) is 8.25. The van der Waals surface area contributed by atoms with Gasteiger partial charge in [0.1, 0.15) is 0 Å². The number of aliphatic hydroxyl groups excluding tert-OH is 1. The molecule has 1 aromatic carbocycles. The molecule has 72 valence electrons. The van der Waals surface area contributed by atoms with Crippen molar-refractivity contribution in [2.24, 2.45) is 11.8 Å². The molecule has 1 fully saturated rings. The van der Waals surface area contributed by atoms with Crippen LogP contribution in [0.2, 0.25) is 0 Å². The lowest BCUT2D eigenvalue weighted by Gasteiger charge is -2.17. The van der Waals surface area contributed by atoms with Crippen LogP contribution >= 0.6 is 0 Å². The lowest BCUT2D eigenvalue weighted by Crippen LogP contribution is -2.13. The minimum Gasteiger partial charge on any atom is -0.392 e. The monoisotopic (exact) mass is 186 g/mol. The zero-order chi connectivity index (χ0) is 9.54. The summed E-state index contributed by atoms with van der Waals surface area (Å²) in [4.78, 5) is 0. The topological polar surface area (TPSA) is 20.2 Å². The van der Waals surface area contributed by atoms with Crippen molar-refractivity contribution in [3.05, 3.63) is 42.0 Å². The highest BCUT2D eigenvalue weighted by Gasteiger charge is 2.39. The van der Waals surface area contributed by atoms with E-state index < -0.39 is 0 Å². The van der Waals surface area contributed by atoms with E-state index >= 15 is 0 Å². The second kappa shape index (κ2) is 2.96. The van der Waals surface area contributed by atoms with E-state index in [1.807, 2.05) is 6.07 Å². The Kier molecular flexibility index (Phi) is 1.74. The SMILES string of the molecule is OC1CC2CC1C=C2c1ccccc1. The van der Waals surface area contributed by atoms with Crippen LogP contribution in [0, 0.1) is 11.8 Å². The van der Waals surface area contributed by atoms with Gasteiger partial charge in [0, 0.05) is 5.92 Å². The summed E-state index contributed by atoms with van der Waals surface area (Å²) in [6.45, 7) is 0. The van der Waals surface area contributed by atoms with Gasteiger partial charge in [0.15, 0.2) is 0 Å². The molecule has 14 heavy (non-hydrogen) atoms. The highest BCUT2D eigenvalue weighted by atomic mass is 16.3. The Morgan fingerprint density at radius 2 is 1.86 bits per heavy atom. The summed E-state index contributed by atoms with van der Waals surface area (Å²) in [6.07, 6.45) is 4.32. The smallest absolute Gasteiger partial charge is 0.0609 e. The Morgan fingerprint density at radius 3 is 2.43 bits per heavy atom. The van der Waals surface area contributed by atoms with E-state index in [9.17, 15) is 5.11 Å². The molecule has 2 bridgehead atoms. The molecular weight excluding hydrogens is 172 g/mol. The first-order valence-electron chi connectivity index (χ1n) is 5.30. The van der Waals surface area contributed by atoms with Crippen LogP contribution in [0.25, 0.3) is 5.57 Å². The standard InChI is InChI=1S/C13H14O/c14-13-8-10-6-11(13)7-12(10)9-4-2-1-3-5-9/h1-5,7,10-11,13-14H,6,8H2. The molecule has 0 heterocycles. The first-order chi connectivity index (χ1) is 6.84. The molecule has 0 aromatic heterocycles. The van der Waals surface area contributed by atoms with Crippen molar-refractivity contribution in [3.8, 4) is 0 Å². The molecule has 1 aromatic rings. The number of hydrogen-bond acceptors (Lipinski definition) is 1. The molecule has 0 aliphatic heterocycles. The van der Waals surface area contributed by atoms with Crippen molar-refractivity contribution < 1.29 is 5.11 Å². The summed E-state index contributed by atoms with van der Waals surface area (Å²) in [5.41, 5.74) is 2.80. The van der Waals surface area contributed by atoms with Crippen molar-refractivity contribution in [3.63, 3.8) is 0 Å². The van der Waals surface area contributed by atoms with E-state index in [1.165, 1.54) is 11.1 Å². The second-order valence-electron chi connectivity index (χ2n) is 4.39. The summed E-state index contributed by atoms with van der Waals surface area (Å²) in [5, 5.41) is 9.64. The highest BCUT2D eigenvalue weighted by Crippen LogP contribution is 2.47. The minimum absolute atomic E-state index is 0.0764. The summed E-state index contributed by atoms with van der Waals surface area (Å²) in [7, 11) is 0. The quantitative estimate of drug-likeness (QED) is 0.714. The predicted molar refractivity (Wildman–Crippen MR) is 56.6 cm³/mol. The first-order valence-corrected chi connectivity index (χ1v) is 5.30. The van der Waals surface area contributed by atoms with Crippen molar-refractivity contribution in [1.29, 1.82) is 0 Å². The van der Waals surface area contributed by atoms with E-state index in [0.29, 0.717) is 11.8 Å². The van der Waals surface area contributed by atoms with E-state index in [1.54, 1.807) is 0 Å². The fourth-order valence-electron chi connectivity index (χ4n) is 2.81. The number of hydrogen-bond donors (Lipinski definition) is 1. The van der Waals surface area contributed by atoms with Gasteiger partial charge in [-0.3, -0.25) is 0 Å². The average molecular weight is 186 g/mol. The maximum atomic E-state index is 9.64. The highest BCUT2D eigenvalue weighted by molar-refractivity contribution is 5.70. The summed E-state index contributed by atoms with van der Waals surface area (Å²) in [6, 6.07) is 10.5. The normalized spacial score (nSPS) is 34.6. The van der Waals surface area contributed by atoms with Gasteiger partial charge in [-0.2, -0.15) is 0 Å². The average Bonchev–Trinajstić information content (AvgIpc) is 2.77. The Labute approximate surface area is 84.1 Å². The third kappa shape index (κ3) is 1.12. The fourth-order valence-corrected chi connectivity index (χ4v) is 2.81. The van der Waals surface area contributed by atoms with Gasteiger partial charge in [-0.15, -0.1) is 0 Å². The summed E-state index contributed by atoms with van der Waals surface area (Å²) >= 11 is 0. The third-order valence-electron chi connectivity index (χ3n) is 3.52. The molecule has 0 radical (unpaired) electrons.